The number of aromatic amines is 2. The Hall–Kier alpha value is -3.20. The maximum absolute atomic E-state index is 13.7. The molecule has 2 aromatic carbocycles. The molecule has 14 heteroatoms. The van der Waals surface area contributed by atoms with Gasteiger partial charge in [-0.2, -0.15) is 31.4 Å². The van der Waals surface area contributed by atoms with Gasteiger partial charge in [0.1, 0.15) is 17.7 Å². The van der Waals surface area contributed by atoms with Gasteiger partial charge < -0.3 is 14.9 Å². The molecule has 1 saturated heterocycles. The zero-order valence-corrected chi connectivity index (χ0v) is 21.1. The van der Waals surface area contributed by atoms with Crippen LogP contribution in [0.2, 0.25) is 0 Å². The molecule has 2 heterocycles. The van der Waals surface area contributed by atoms with Gasteiger partial charge in [0.15, 0.2) is 5.82 Å². The molecule has 1 aromatic heterocycles. The van der Waals surface area contributed by atoms with Gasteiger partial charge in [-0.05, 0) is 55.3 Å². The molecule has 4 rings (SSSR count). The van der Waals surface area contributed by atoms with E-state index in [0.29, 0.717) is 30.8 Å². The number of aliphatic hydroxyl groups excluding tert-OH is 2. The van der Waals surface area contributed by atoms with Crippen molar-refractivity contribution in [2.45, 2.75) is 49.4 Å². The standard InChI is InChI=1S/C26H28F6N4O4/c27-25(28,29)18-11-17(12-19(13-18)26(30,31)32)24(14-37,15-38)40-21(16-7-3-1-4-8-16)20(22-33-23(39)35-34-22)36-9-5-2-6-10-36/h1,3-4,7-8,11-13,20-21,37-38H,2,5-6,9-10,14-15H2,(H2,33,34,35,39). The number of piperidine rings is 1. The summed E-state index contributed by atoms with van der Waals surface area (Å²) in [6, 6.07) is 8.18. The van der Waals surface area contributed by atoms with Crippen molar-refractivity contribution in [3.63, 3.8) is 0 Å². The smallest absolute Gasteiger partial charge is 0.393 e. The highest BCUT2D eigenvalue weighted by molar-refractivity contribution is 5.37. The molecule has 0 spiro atoms. The third-order valence-electron chi connectivity index (χ3n) is 6.98. The summed E-state index contributed by atoms with van der Waals surface area (Å²) in [5.41, 5.74) is -6.57. The van der Waals surface area contributed by atoms with E-state index in [1.807, 2.05) is 4.90 Å². The third-order valence-corrected chi connectivity index (χ3v) is 6.98. The average molecular weight is 575 g/mol. The Morgan fingerprint density at radius 1 is 0.875 bits per heavy atom. The van der Waals surface area contributed by atoms with E-state index in [2.05, 4.69) is 15.2 Å². The van der Waals surface area contributed by atoms with Gasteiger partial charge in [-0.25, -0.2) is 9.89 Å². The molecular formula is C26H28F6N4O4. The first kappa shape index (κ1) is 29.8. The van der Waals surface area contributed by atoms with Crippen LogP contribution in [0.5, 0.6) is 0 Å². The highest BCUT2D eigenvalue weighted by atomic mass is 19.4. The van der Waals surface area contributed by atoms with E-state index in [0.717, 1.165) is 19.3 Å². The highest BCUT2D eigenvalue weighted by Crippen LogP contribution is 2.44. The molecule has 40 heavy (non-hydrogen) atoms. The Balaban J connectivity index is 1.91. The number of halogens is 6. The van der Waals surface area contributed by atoms with Crippen LogP contribution in [-0.2, 0) is 22.7 Å². The first-order chi connectivity index (χ1) is 18.9. The number of hydrogen-bond donors (Lipinski definition) is 4. The van der Waals surface area contributed by atoms with E-state index in [4.69, 9.17) is 4.74 Å². The Bertz CT molecular complexity index is 1280. The van der Waals surface area contributed by atoms with Crippen molar-refractivity contribution < 1.29 is 41.3 Å². The number of benzene rings is 2. The highest BCUT2D eigenvalue weighted by Gasteiger charge is 2.45. The van der Waals surface area contributed by atoms with Crippen LogP contribution in [0.3, 0.4) is 0 Å². The summed E-state index contributed by atoms with van der Waals surface area (Å²) in [6.45, 7) is -1.26. The Kier molecular flexibility index (Phi) is 8.73. The van der Waals surface area contributed by atoms with Gasteiger partial charge in [0, 0.05) is 0 Å². The number of H-pyrrole nitrogens is 2. The van der Waals surface area contributed by atoms with E-state index in [1.165, 1.54) is 0 Å². The van der Waals surface area contributed by atoms with Crippen LogP contribution >= 0.6 is 0 Å². The molecule has 1 aliphatic heterocycles. The summed E-state index contributed by atoms with van der Waals surface area (Å²) >= 11 is 0. The number of aromatic nitrogens is 3. The molecule has 4 N–H and O–H groups in total. The molecule has 0 amide bonds. The van der Waals surface area contributed by atoms with Gasteiger partial charge in [0.2, 0.25) is 0 Å². The minimum atomic E-state index is -5.16. The lowest BCUT2D eigenvalue weighted by atomic mass is 9.89. The van der Waals surface area contributed by atoms with Crippen molar-refractivity contribution in [2.75, 3.05) is 26.3 Å². The van der Waals surface area contributed by atoms with Crippen molar-refractivity contribution in [3.8, 4) is 0 Å². The minimum Gasteiger partial charge on any atom is -0.393 e. The molecule has 3 aromatic rings. The monoisotopic (exact) mass is 574 g/mol. The quantitative estimate of drug-likeness (QED) is 0.284. The Labute approximate surface area is 224 Å². The van der Waals surface area contributed by atoms with Gasteiger partial charge in [-0.3, -0.25) is 9.88 Å². The molecule has 2 unspecified atom stereocenters. The van der Waals surface area contributed by atoms with Crippen molar-refractivity contribution >= 4 is 0 Å². The number of nitrogens with zero attached hydrogens (tertiary/aromatic N) is 2. The third kappa shape index (κ3) is 6.40. The summed E-state index contributed by atoms with van der Waals surface area (Å²) in [5, 5.41) is 27.2. The van der Waals surface area contributed by atoms with Gasteiger partial charge in [-0.1, -0.05) is 36.8 Å². The predicted octanol–water partition coefficient (Wildman–Crippen LogP) is 4.30. The van der Waals surface area contributed by atoms with Crippen LogP contribution in [-0.4, -0.2) is 56.6 Å². The maximum Gasteiger partial charge on any atom is 0.416 e. The number of rotatable bonds is 9. The van der Waals surface area contributed by atoms with Crippen molar-refractivity contribution in [1.29, 1.82) is 0 Å². The molecule has 218 valence electrons. The van der Waals surface area contributed by atoms with Gasteiger partial charge in [0.05, 0.1) is 24.3 Å². The lowest BCUT2D eigenvalue weighted by molar-refractivity contribution is -0.175. The van der Waals surface area contributed by atoms with Crippen LogP contribution in [0.4, 0.5) is 26.3 Å². The van der Waals surface area contributed by atoms with Crippen LogP contribution in [0, 0.1) is 0 Å². The molecule has 0 aliphatic carbocycles. The molecule has 8 nitrogen and oxygen atoms in total. The predicted molar refractivity (Wildman–Crippen MR) is 130 cm³/mol. The van der Waals surface area contributed by atoms with E-state index in [-0.39, 0.29) is 11.9 Å². The summed E-state index contributed by atoms with van der Waals surface area (Å²) in [4.78, 5) is 16.5. The van der Waals surface area contributed by atoms with Crippen LogP contribution in [0.15, 0.2) is 53.3 Å². The first-order valence-electron chi connectivity index (χ1n) is 12.5. The van der Waals surface area contributed by atoms with Crippen molar-refractivity contribution in [1.82, 2.24) is 20.1 Å². The normalized spacial score (nSPS) is 17.1. The van der Waals surface area contributed by atoms with Crippen molar-refractivity contribution in [2.24, 2.45) is 0 Å². The second-order valence-corrected chi connectivity index (χ2v) is 9.66. The Morgan fingerprint density at radius 3 is 1.90 bits per heavy atom. The molecular weight excluding hydrogens is 546 g/mol. The van der Waals surface area contributed by atoms with Gasteiger partial charge >= 0.3 is 18.0 Å². The van der Waals surface area contributed by atoms with Crippen molar-refractivity contribution in [3.05, 3.63) is 87.1 Å². The van der Waals surface area contributed by atoms with Gasteiger partial charge in [0.25, 0.3) is 0 Å². The number of aliphatic hydroxyl groups is 2. The number of likely N-dealkylation sites (tertiary alicyclic amines) is 1. The van der Waals surface area contributed by atoms with E-state index < -0.39 is 65.7 Å². The molecule has 1 fully saturated rings. The summed E-state index contributed by atoms with van der Waals surface area (Å²) < 4.78 is 88.3. The number of hydrogen-bond acceptors (Lipinski definition) is 6. The molecule has 0 saturated carbocycles. The van der Waals surface area contributed by atoms with Crippen LogP contribution < -0.4 is 5.69 Å². The molecule has 0 bridgehead atoms. The fourth-order valence-corrected chi connectivity index (χ4v) is 4.92. The maximum atomic E-state index is 13.7. The zero-order valence-electron chi connectivity index (χ0n) is 21.1. The van der Waals surface area contributed by atoms with E-state index in [1.54, 1.807) is 30.3 Å². The lowest BCUT2D eigenvalue weighted by Gasteiger charge is -2.42. The SMILES string of the molecule is O=c1[nH]nc(C(C(OC(CO)(CO)c2cc(C(F)(F)F)cc(C(F)(F)F)c2)c2ccccc2)N2CCCCC2)[nH]1. The Morgan fingerprint density at radius 2 is 1.43 bits per heavy atom. The van der Waals surface area contributed by atoms with E-state index >= 15 is 0 Å². The summed E-state index contributed by atoms with van der Waals surface area (Å²) in [6.07, 6.45) is -9.03. The van der Waals surface area contributed by atoms with Crippen LogP contribution in [0.25, 0.3) is 0 Å². The number of alkyl halides is 6. The first-order valence-corrected chi connectivity index (χ1v) is 12.5. The topological polar surface area (TPSA) is 114 Å². The number of nitrogens with one attached hydrogen (secondary N) is 2. The van der Waals surface area contributed by atoms with Gasteiger partial charge in [-0.15, -0.1) is 0 Å². The fraction of sp³-hybridized carbons (Fsp3) is 0.462. The zero-order chi connectivity index (χ0) is 29.1. The largest absolute Gasteiger partial charge is 0.416 e. The molecule has 0 radical (unpaired) electrons. The second kappa shape index (κ2) is 11.7. The van der Waals surface area contributed by atoms with E-state index in [9.17, 15) is 41.4 Å². The summed E-state index contributed by atoms with van der Waals surface area (Å²) in [7, 11) is 0. The lowest BCUT2D eigenvalue weighted by Crippen LogP contribution is -2.44. The fourth-order valence-electron chi connectivity index (χ4n) is 4.92. The van der Waals surface area contributed by atoms with Crippen LogP contribution in [0.1, 0.15) is 59.5 Å². The average Bonchev–Trinajstić information content (AvgIpc) is 3.36. The molecule has 1 aliphatic rings. The molecule has 2 atom stereocenters. The minimum absolute atomic E-state index is 0.0390. The second-order valence-electron chi connectivity index (χ2n) is 9.66. The summed E-state index contributed by atoms with van der Waals surface area (Å²) in [5.74, 6) is 0.116. The number of ether oxygens (including phenoxy) is 1.